The number of likely N-dealkylation sites (N-methyl/N-ethyl adjacent to an activating group) is 1. The van der Waals surface area contributed by atoms with Crippen LogP contribution in [0.1, 0.15) is 168 Å². The fourth-order valence-corrected chi connectivity index (χ4v) is 5.60. The summed E-state index contributed by atoms with van der Waals surface area (Å²) in [5.74, 6) is -2.32. The molecule has 9 nitrogen and oxygen atoms in total. The lowest BCUT2D eigenvalue weighted by molar-refractivity contribution is -0.870. The van der Waals surface area contributed by atoms with E-state index in [1.54, 1.807) is 0 Å². The minimum atomic E-state index is -1.63. The zero-order chi connectivity index (χ0) is 40.7. The minimum Gasteiger partial charge on any atom is -0.545 e. The molecule has 318 valence electrons. The number of unbranched alkanes of at least 4 members (excludes halogenated alkanes) is 16. The van der Waals surface area contributed by atoms with Gasteiger partial charge in [0.25, 0.3) is 0 Å². The van der Waals surface area contributed by atoms with Crippen molar-refractivity contribution in [2.24, 2.45) is 0 Å². The van der Waals surface area contributed by atoms with E-state index in [0.717, 1.165) is 83.5 Å². The quantitative estimate of drug-likeness (QED) is 0.0200. The molecule has 0 N–H and O–H groups in total. The Hall–Kier alpha value is -2.75. The molecule has 0 spiro atoms. The first kappa shape index (κ1) is 52.2. The van der Waals surface area contributed by atoms with Gasteiger partial charge in [-0.2, -0.15) is 0 Å². The maximum atomic E-state index is 12.7. The highest BCUT2D eigenvalue weighted by Crippen LogP contribution is 2.13. The van der Waals surface area contributed by atoms with E-state index in [2.05, 4.69) is 62.5 Å². The molecule has 0 rings (SSSR count). The van der Waals surface area contributed by atoms with Crippen molar-refractivity contribution in [2.75, 3.05) is 47.5 Å². The van der Waals surface area contributed by atoms with Gasteiger partial charge in [0.05, 0.1) is 40.3 Å². The molecule has 0 aromatic rings. The van der Waals surface area contributed by atoms with Crippen LogP contribution in [0.25, 0.3) is 0 Å². The fourth-order valence-electron chi connectivity index (χ4n) is 5.60. The Morgan fingerprint density at radius 2 is 1.02 bits per heavy atom. The molecule has 0 saturated carbocycles. The summed E-state index contributed by atoms with van der Waals surface area (Å²) in [4.78, 5) is 36.9. The van der Waals surface area contributed by atoms with Crippen LogP contribution >= 0.6 is 0 Å². The molecule has 0 aliphatic heterocycles. The molecule has 0 aromatic carbocycles. The largest absolute Gasteiger partial charge is 0.545 e. The third-order valence-corrected chi connectivity index (χ3v) is 9.03. The maximum absolute atomic E-state index is 12.7. The Bertz CT molecular complexity index is 1050. The molecule has 2 unspecified atom stereocenters. The average Bonchev–Trinajstić information content (AvgIpc) is 3.14. The third-order valence-electron chi connectivity index (χ3n) is 9.03. The topological polar surface area (TPSA) is 111 Å². The molecule has 0 heterocycles. The number of ether oxygens (including phenoxy) is 4. The van der Waals surface area contributed by atoms with E-state index in [1.165, 1.54) is 51.4 Å². The molecular weight excluding hydrogens is 695 g/mol. The summed E-state index contributed by atoms with van der Waals surface area (Å²) in [5, 5.41) is 11.7. The van der Waals surface area contributed by atoms with E-state index in [9.17, 15) is 19.5 Å². The number of esters is 2. The van der Waals surface area contributed by atoms with Gasteiger partial charge in [-0.1, -0.05) is 133 Å². The molecule has 0 amide bonds. The van der Waals surface area contributed by atoms with E-state index in [4.69, 9.17) is 18.9 Å². The zero-order valence-electron chi connectivity index (χ0n) is 35.8. The number of nitrogens with zero attached hydrogens (tertiary/aromatic N) is 1. The van der Waals surface area contributed by atoms with Crippen LogP contribution in [-0.2, 0) is 33.3 Å². The first-order valence-corrected chi connectivity index (χ1v) is 21.8. The second kappa shape index (κ2) is 38.1. The smallest absolute Gasteiger partial charge is 0.306 e. The number of hydrogen-bond acceptors (Lipinski definition) is 8. The summed E-state index contributed by atoms with van der Waals surface area (Å²) in [7, 11) is 5.89. The zero-order valence-corrected chi connectivity index (χ0v) is 35.8. The Morgan fingerprint density at radius 3 is 1.51 bits per heavy atom. The van der Waals surface area contributed by atoms with Gasteiger partial charge in [-0.25, -0.2) is 0 Å². The van der Waals surface area contributed by atoms with E-state index in [0.29, 0.717) is 17.4 Å². The monoisotopic (exact) mass is 776 g/mol. The van der Waals surface area contributed by atoms with E-state index in [-0.39, 0.29) is 38.6 Å². The van der Waals surface area contributed by atoms with Crippen LogP contribution in [0.2, 0.25) is 0 Å². The number of carbonyl (C=O) groups excluding carboxylic acids is 3. The summed E-state index contributed by atoms with van der Waals surface area (Å²) in [6, 6.07) is 0. The van der Waals surface area contributed by atoms with E-state index in [1.807, 2.05) is 21.1 Å². The van der Waals surface area contributed by atoms with Gasteiger partial charge >= 0.3 is 11.9 Å². The van der Waals surface area contributed by atoms with Crippen molar-refractivity contribution in [1.82, 2.24) is 0 Å². The second-order valence-corrected chi connectivity index (χ2v) is 15.6. The van der Waals surface area contributed by atoms with Crippen molar-refractivity contribution >= 4 is 17.9 Å². The van der Waals surface area contributed by atoms with Crippen molar-refractivity contribution in [3.8, 4) is 0 Å². The lowest BCUT2D eigenvalue weighted by Gasteiger charge is -2.26. The molecule has 9 heteroatoms. The van der Waals surface area contributed by atoms with Crippen LogP contribution in [0.5, 0.6) is 0 Å². The number of rotatable bonds is 39. The second-order valence-electron chi connectivity index (χ2n) is 15.6. The summed E-state index contributed by atoms with van der Waals surface area (Å²) >= 11 is 0. The standard InChI is InChI=1S/C46H81NO8/c1-6-8-10-12-14-16-18-20-21-22-23-25-27-29-31-33-35-37-44(49)55-42(41-54-46(45(50)51)52-39-38-47(3,4)5)40-53-43(48)36-34-32-30-28-26-24-19-17-15-13-11-9-7-2/h11,13-14,16-17,19-21,42,46H,6-10,12,15,18,22-41H2,1-5H3/b13-11-,16-14-,19-17-,21-20-. The molecule has 0 fully saturated rings. The van der Waals surface area contributed by atoms with Gasteiger partial charge in [-0.05, 0) is 70.6 Å². The number of allylic oxidation sites excluding steroid dienone is 8. The van der Waals surface area contributed by atoms with Gasteiger partial charge in [0.1, 0.15) is 13.2 Å². The average molecular weight is 776 g/mol. The molecule has 0 saturated heterocycles. The van der Waals surface area contributed by atoms with Gasteiger partial charge in [0.15, 0.2) is 12.4 Å². The van der Waals surface area contributed by atoms with Gasteiger partial charge in [0.2, 0.25) is 0 Å². The predicted octanol–water partition coefficient (Wildman–Crippen LogP) is 9.88. The Labute approximate surface area is 336 Å². The maximum Gasteiger partial charge on any atom is 0.306 e. The van der Waals surface area contributed by atoms with Crippen LogP contribution < -0.4 is 5.11 Å². The summed E-state index contributed by atoms with van der Waals surface area (Å²) in [6.45, 7) is 4.61. The lowest BCUT2D eigenvalue weighted by Crippen LogP contribution is -2.44. The van der Waals surface area contributed by atoms with E-state index < -0.39 is 24.3 Å². The lowest BCUT2D eigenvalue weighted by atomic mass is 10.1. The first-order chi connectivity index (χ1) is 26.6. The number of carboxylic acids is 1. The highest BCUT2D eigenvalue weighted by atomic mass is 16.7. The number of hydrogen-bond donors (Lipinski definition) is 0. The normalized spacial score (nSPS) is 13.4. The first-order valence-electron chi connectivity index (χ1n) is 21.8. The minimum absolute atomic E-state index is 0.142. The Morgan fingerprint density at radius 1 is 0.545 bits per heavy atom. The Balaban J connectivity index is 4.49. The van der Waals surface area contributed by atoms with Gasteiger partial charge in [0, 0.05) is 12.8 Å². The summed E-state index contributed by atoms with van der Waals surface area (Å²) in [6.07, 6.45) is 39.9. The molecule has 0 aliphatic rings. The van der Waals surface area contributed by atoms with Gasteiger partial charge in [-0.3, -0.25) is 9.59 Å². The molecule has 0 aliphatic carbocycles. The van der Waals surface area contributed by atoms with Crippen molar-refractivity contribution in [3.63, 3.8) is 0 Å². The molecule has 0 aromatic heterocycles. The van der Waals surface area contributed by atoms with Crippen molar-refractivity contribution in [2.45, 2.75) is 180 Å². The van der Waals surface area contributed by atoms with Gasteiger partial charge in [-0.15, -0.1) is 0 Å². The highest BCUT2D eigenvalue weighted by molar-refractivity contribution is 5.70. The predicted molar refractivity (Wildman–Crippen MR) is 223 cm³/mol. The van der Waals surface area contributed by atoms with E-state index >= 15 is 0 Å². The van der Waals surface area contributed by atoms with Crippen molar-refractivity contribution < 1.29 is 42.9 Å². The molecular formula is C46H81NO8. The van der Waals surface area contributed by atoms with Crippen LogP contribution in [0.3, 0.4) is 0 Å². The third kappa shape index (κ3) is 39.3. The Kier molecular flexibility index (Phi) is 36.2. The molecule has 2 atom stereocenters. The van der Waals surface area contributed by atoms with Crippen LogP contribution in [0.15, 0.2) is 48.6 Å². The van der Waals surface area contributed by atoms with Crippen molar-refractivity contribution in [1.29, 1.82) is 0 Å². The van der Waals surface area contributed by atoms with Gasteiger partial charge < -0.3 is 33.3 Å². The fraction of sp³-hybridized carbons (Fsp3) is 0.761. The van der Waals surface area contributed by atoms with Crippen molar-refractivity contribution in [3.05, 3.63) is 48.6 Å². The highest BCUT2D eigenvalue weighted by Gasteiger charge is 2.21. The summed E-state index contributed by atoms with van der Waals surface area (Å²) in [5.41, 5.74) is 0. The van der Waals surface area contributed by atoms with Crippen LogP contribution in [-0.4, -0.2) is 82.3 Å². The van der Waals surface area contributed by atoms with Crippen LogP contribution in [0.4, 0.5) is 0 Å². The number of aliphatic carboxylic acids is 1. The molecule has 0 radical (unpaired) electrons. The summed E-state index contributed by atoms with van der Waals surface area (Å²) < 4.78 is 22.5. The number of carbonyl (C=O) groups is 3. The SMILES string of the molecule is CCC/C=C\C/C=C\CCCCCCCC(=O)OCC(COC(OCC[N+](C)(C)C)C(=O)[O-])OC(=O)CCCCCCCCC/C=C\C/C=C\CCCCC. The molecule has 0 bridgehead atoms. The number of quaternary nitrogens is 1. The number of carboxylic acid groups (broad SMARTS) is 1. The van der Waals surface area contributed by atoms with Crippen LogP contribution in [0, 0.1) is 0 Å². The molecule has 55 heavy (non-hydrogen) atoms.